The van der Waals surface area contributed by atoms with Gasteiger partial charge in [-0.25, -0.2) is 0 Å². The second kappa shape index (κ2) is 5.89. The fourth-order valence-corrected chi connectivity index (χ4v) is 1.95. The molecule has 0 aromatic heterocycles. The van der Waals surface area contributed by atoms with E-state index in [2.05, 4.69) is 31.7 Å². The highest BCUT2D eigenvalue weighted by Gasteiger charge is 2.35. The highest BCUT2D eigenvalue weighted by Crippen LogP contribution is 2.31. The third-order valence-corrected chi connectivity index (χ3v) is 2.54. The minimum Gasteiger partial charge on any atom is -0.305 e. The van der Waals surface area contributed by atoms with Gasteiger partial charge in [-0.3, -0.25) is 4.31 Å². The van der Waals surface area contributed by atoms with Crippen molar-refractivity contribution in [2.45, 2.75) is 27.2 Å². The highest BCUT2D eigenvalue weighted by atomic mass is 32.1. The van der Waals surface area contributed by atoms with E-state index >= 15 is 0 Å². The second-order valence-corrected chi connectivity index (χ2v) is 4.80. The van der Waals surface area contributed by atoms with Gasteiger partial charge in [0.1, 0.15) is 0 Å². The van der Waals surface area contributed by atoms with Crippen LogP contribution in [0.5, 0.6) is 0 Å². The molecular weight excluding hydrogens is 180 g/mol. The fraction of sp³-hybridized carbons (Fsp3) is 1.00. The molecule has 1 fully saturated rings. The Morgan fingerprint density at radius 3 is 2.15 bits per heavy atom. The zero-order chi connectivity index (χ0) is 10.5. The summed E-state index contributed by atoms with van der Waals surface area (Å²) in [6, 6.07) is 0. The quantitative estimate of drug-likeness (QED) is 0.704. The lowest BCUT2D eigenvalue weighted by Gasteiger charge is -2.46. The molecule has 13 heavy (non-hydrogen) atoms. The number of rotatable bonds is 3. The Morgan fingerprint density at radius 2 is 1.85 bits per heavy atom. The lowest BCUT2D eigenvalue weighted by molar-refractivity contribution is 0.0293. The van der Waals surface area contributed by atoms with Crippen LogP contribution in [-0.2, 0) is 0 Å². The standard InChI is InChI=1S/C8H18N2S.C2H6/c1-8(4-5-10(3)11)6-9(2)7-8;1-2/h11H,4-7H2,1-3H3;1-2H3. The summed E-state index contributed by atoms with van der Waals surface area (Å²) >= 11 is 4.22. The van der Waals surface area contributed by atoms with Gasteiger partial charge in [-0.2, -0.15) is 0 Å². The first-order chi connectivity index (χ1) is 6.02. The van der Waals surface area contributed by atoms with E-state index in [1.807, 2.05) is 25.2 Å². The topological polar surface area (TPSA) is 6.48 Å². The predicted molar refractivity (Wildman–Crippen MR) is 63.2 cm³/mol. The van der Waals surface area contributed by atoms with Crippen molar-refractivity contribution < 1.29 is 0 Å². The molecule has 0 atom stereocenters. The number of hydrogen-bond acceptors (Lipinski definition) is 3. The summed E-state index contributed by atoms with van der Waals surface area (Å²) in [5, 5.41) is 0. The maximum absolute atomic E-state index is 4.22. The van der Waals surface area contributed by atoms with E-state index in [9.17, 15) is 0 Å². The Hall–Kier alpha value is 0.270. The molecule has 0 aromatic rings. The molecule has 1 rings (SSSR count). The molecule has 1 saturated heterocycles. The Balaban J connectivity index is 0.000000671. The van der Waals surface area contributed by atoms with Gasteiger partial charge in [-0.05, 0) is 25.9 Å². The molecule has 0 N–H and O–H groups in total. The third kappa shape index (κ3) is 4.89. The molecule has 2 nitrogen and oxygen atoms in total. The van der Waals surface area contributed by atoms with Gasteiger partial charge in [0.25, 0.3) is 0 Å². The van der Waals surface area contributed by atoms with Crippen LogP contribution in [0.15, 0.2) is 0 Å². The molecule has 0 spiro atoms. The minimum absolute atomic E-state index is 0.561. The summed E-state index contributed by atoms with van der Waals surface area (Å²) in [4.78, 5) is 2.36. The van der Waals surface area contributed by atoms with E-state index < -0.39 is 0 Å². The van der Waals surface area contributed by atoms with Crippen LogP contribution in [0, 0.1) is 5.41 Å². The number of nitrogens with zero attached hydrogens (tertiary/aromatic N) is 2. The van der Waals surface area contributed by atoms with Gasteiger partial charge in [0.2, 0.25) is 0 Å². The highest BCUT2D eigenvalue weighted by molar-refractivity contribution is 7.77. The molecule has 80 valence electrons. The summed E-state index contributed by atoms with van der Waals surface area (Å²) in [6.45, 7) is 9.93. The van der Waals surface area contributed by atoms with Crippen molar-refractivity contribution in [2.24, 2.45) is 5.41 Å². The van der Waals surface area contributed by atoms with Crippen LogP contribution in [0.4, 0.5) is 0 Å². The SMILES string of the molecule is CC.CN(S)CCC1(C)CN(C)C1. The van der Waals surface area contributed by atoms with E-state index in [1.54, 1.807) is 0 Å². The van der Waals surface area contributed by atoms with Gasteiger partial charge in [-0.1, -0.05) is 33.6 Å². The molecule has 0 amide bonds. The maximum atomic E-state index is 4.22. The molecule has 0 bridgehead atoms. The van der Waals surface area contributed by atoms with E-state index in [-0.39, 0.29) is 0 Å². The van der Waals surface area contributed by atoms with E-state index in [0.717, 1.165) is 6.54 Å². The Labute approximate surface area is 88.8 Å². The summed E-state index contributed by atoms with van der Waals surface area (Å²) in [7, 11) is 4.18. The summed E-state index contributed by atoms with van der Waals surface area (Å²) < 4.78 is 1.96. The van der Waals surface area contributed by atoms with Gasteiger partial charge < -0.3 is 4.90 Å². The molecule has 0 unspecified atom stereocenters. The van der Waals surface area contributed by atoms with Crippen LogP contribution < -0.4 is 0 Å². The largest absolute Gasteiger partial charge is 0.305 e. The monoisotopic (exact) mass is 204 g/mol. The first-order valence-electron chi connectivity index (χ1n) is 5.10. The van der Waals surface area contributed by atoms with Crippen molar-refractivity contribution in [3.63, 3.8) is 0 Å². The molecule has 0 aromatic carbocycles. The first kappa shape index (κ1) is 13.3. The van der Waals surface area contributed by atoms with Gasteiger partial charge in [0.05, 0.1) is 0 Å². The Bertz CT molecular complexity index is 131. The zero-order valence-corrected chi connectivity index (χ0v) is 10.6. The van der Waals surface area contributed by atoms with Crippen LogP contribution in [0.25, 0.3) is 0 Å². The predicted octanol–water partition coefficient (Wildman–Crippen LogP) is 2.13. The smallest absolute Gasteiger partial charge is 0.00900 e. The maximum Gasteiger partial charge on any atom is 0.00900 e. The molecule has 0 aliphatic carbocycles. The lowest BCUT2D eigenvalue weighted by Crippen LogP contribution is -2.53. The zero-order valence-electron chi connectivity index (χ0n) is 9.67. The summed E-state index contributed by atoms with van der Waals surface area (Å²) in [5.74, 6) is 0. The molecule has 0 radical (unpaired) electrons. The van der Waals surface area contributed by atoms with Crippen LogP contribution in [0.1, 0.15) is 27.2 Å². The summed E-state index contributed by atoms with van der Waals surface area (Å²) in [5.41, 5.74) is 0.561. The lowest BCUT2D eigenvalue weighted by atomic mass is 9.79. The van der Waals surface area contributed by atoms with Crippen molar-refractivity contribution >= 4 is 12.8 Å². The number of thiol groups is 1. The number of hydrogen-bond donors (Lipinski definition) is 1. The van der Waals surface area contributed by atoms with Crippen molar-refractivity contribution in [3.8, 4) is 0 Å². The molecule has 0 saturated carbocycles. The second-order valence-electron chi connectivity index (χ2n) is 4.11. The van der Waals surface area contributed by atoms with Crippen LogP contribution in [0.2, 0.25) is 0 Å². The van der Waals surface area contributed by atoms with Crippen molar-refractivity contribution in [3.05, 3.63) is 0 Å². The Morgan fingerprint density at radius 1 is 1.38 bits per heavy atom. The average molecular weight is 204 g/mol. The molecule has 1 aliphatic heterocycles. The van der Waals surface area contributed by atoms with Gasteiger partial charge in [0, 0.05) is 19.6 Å². The van der Waals surface area contributed by atoms with Gasteiger partial charge in [0.15, 0.2) is 0 Å². The first-order valence-corrected chi connectivity index (χ1v) is 5.50. The van der Waals surface area contributed by atoms with Crippen molar-refractivity contribution in [1.82, 2.24) is 9.21 Å². The van der Waals surface area contributed by atoms with Crippen molar-refractivity contribution in [2.75, 3.05) is 33.7 Å². The van der Waals surface area contributed by atoms with Crippen LogP contribution in [0.3, 0.4) is 0 Å². The molecular formula is C10H24N2S. The molecule has 1 aliphatic rings. The Kier molecular flexibility index (Phi) is 6.01. The van der Waals surface area contributed by atoms with E-state index in [1.165, 1.54) is 19.5 Å². The number of likely N-dealkylation sites (tertiary alicyclic amines) is 1. The third-order valence-electron chi connectivity index (χ3n) is 2.34. The summed E-state index contributed by atoms with van der Waals surface area (Å²) in [6.07, 6.45) is 1.26. The fourth-order valence-electron chi connectivity index (χ4n) is 1.85. The van der Waals surface area contributed by atoms with Gasteiger partial charge in [-0.15, -0.1) is 0 Å². The minimum atomic E-state index is 0.561. The molecule has 3 heteroatoms. The average Bonchev–Trinajstić information content (AvgIpc) is 2.02. The van der Waals surface area contributed by atoms with E-state index in [0.29, 0.717) is 5.41 Å². The van der Waals surface area contributed by atoms with E-state index in [4.69, 9.17) is 0 Å². The van der Waals surface area contributed by atoms with Gasteiger partial charge >= 0.3 is 0 Å². The van der Waals surface area contributed by atoms with Crippen molar-refractivity contribution in [1.29, 1.82) is 0 Å². The normalized spacial score (nSPS) is 20.5. The molecule has 1 heterocycles. The van der Waals surface area contributed by atoms with Crippen LogP contribution >= 0.6 is 12.8 Å². The van der Waals surface area contributed by atoms with Crippen LogP contribution in [-0.4, -0.2) is 42.9 Å².